The van der Waals surface area contributed by atoms with E-state index in [1.807, 2.05) is 25.1 Å². The SMILES string of the molecule is CCCCCCOCC1C2CCC(O2)C1C(C)c1cccc(OC(CCC)C(=O)O)c1. The third-order valence-corrected chi connectivity index (χ3v) is 7.00. The summed E-state index contributed by atoms with van der Waals surface area (Å²) in [5.74, 6) is 0.893. The molecular weight excluding hydrogens is 392 g/mol. The Morgan fingerprint density at radius 3 is 2.71 bits per heavy atom. The molecular formula is C26H40O5. The Kier molecular flexibility index (Phi) is 9.21. The third-order valence-electron chi connectivity index (χ3n) is 7.00. The molecule has 1 aromatic rings. The van der Waals surface area contributed by atoms with Gasteiger partial charge in [-0.3, -0.25) is 0 Å². The van der Waals surface area contributed by atoms with Crippen molar-refractivity contribution in [2.45, 2.75) is 96.4 Å². The highest BCUT2D eigenvalue weighted by molar-refractivity contribution is 5.72. The van der Waals surface area contributed by atoms with E-state index in [9.17, 15) is 9.90 Å². The van der Waals surface area contributed by atoms with Crippen LogP contribution >= 0.6 is 0 Å². The first-order valence-corrected chi connectivity index (χ1v) is 12.3. The van der Waals surface area contributed by atoms with E-state index in [1.165, 1.54) is 24.8 Å². The molecule has 5 nitrogen and oxygen atoms in total. The molecule has 174 valence electrons. The molecule has 31 heavy (non-hydrogen) atoms. The van der Waals surface area contributed by atoms with E-state index in [-0.39, 0.29) is 0 Å². The highest BCUT2D eigenvalue weighted by Gasteiger charge is 2.51. The van der Waals surface area contributed by atoms with Crippen LogP contribution in [0.5, 0.6) is 5.75 Å². The van der Waals surface area contributed by atoms with Gasteiger partial charge in [-0.15, -0.1) is 0 Å². The van der Waals surface area contributed by atoms with E-state index in [1.54, 1.807) is 0 Å². The molecule has 5 heteroatoms. The predicted octanol–water partition coefficient (Wildman–Crippen LogP) is 5.81. The monoisotopic (exact) mass is 432 g/mol. The Labute approximate surface area is 187 Å². The van der Waals surface area contributed by atoms with E-state index in [0.717, 1.165) is 38.9 Å². The van der Waals surface area contributed by atoms with Gasteiger partial charge in [0.1, 0.15) is 5.75 Å². The molecule has 2 saturated heterocycles. The van der Waals surface area contributed by atoms with Crippen molar-refractivity contribution in [3.63, 3.8) is 0 Å². The Bertz CT molecular complexity index is 690. The zero-order chi connectivity index (χ0) is 22.2. The van der Waals surface area contributed by atoms with Gasteiger partial charge in [-0.05, 0) is 55.2 Å². The second-order valence-electron chi connectivity index (χ2n) is 9.26. The minimum absolute atomic E-state index is 0.296. The lowest BCUT2D eigenvalue weighted by Gasteiger charge is -2.33. The maximum absolute atomic E-state index is 11.5. The summed E-state index contributed by atoms with van der Waals surface area (Å²) in [6.45, 7) is 8.08. The maximum Gasteiger partial charge on any atom is 0.344 e. The first-order chi connectivity index (χ1) is 15.0. The van der Waals surface area contributed by atoms with E-state index < -0.39 is 12.1 Å². The number of ether oxygens (including phenoxy) is 3. The quantitative estimate of drug-likeness (QED) is 0.376. The average Bonchev–Trinajstić information content (AvgIpc) is 3.37. The van der Waals surface area contributed by atoms with Gasteiger partial charge < -0.3 is 19.3 Å². The second-order valence-corrected chi connectivity index (χ2v) is 9.26. The number of aliphatic carboxylic acids is 1. The van der Waals surface area contributed by atoms with Crippen molar-refractivity contribution in [3.05, 3.63) is 29.8 Å². The zero-order valence-electron chi connectivity index (χ0n) is 19.4. The van der Waals surface area contributed by atoms with Crippen LogP contribution in [0.4, 0.5) is 0 Å². The summed E-state index contributed by atoms with van der Waals surface area (Å²) in [5.41, 5.74) is 1.19. The fraction of sp³-hybridized carbons (Fsp3) is 0.731. The standard InChI is InChI=1S/C26H40O5/c1-4-6-7-8-15-29-17-21-22-13-14-23(31-22)25(21)18(3)19-11-9-12-20(16-19)30-24(10-5-2)26(27)28/h9,11-12,16,18,21-25H,4-8,10,13-15,17H2,1-3H3,(H,27,28). The number of carbonyl (C=O) groups is 1. The van der Waals surface area contributed by atoms with Crippen molar-refractivity contribution in [1.29, 1.82) is 0 Å². The number of rotatable bonds is 14. The molecule has 3 rings (SSSR count). The van der Waals surface area contributed by atoms with Crippen LogP contribution in [0.3, 0.4) is 0 Å². The summed E-state index contributed by atoms with van der Waals surface area (Å²) in [6.07, 6.45) is 8.26. The number of fused-ring (bicyclic) bond motifs is 2. The van der Waals surface area contributed by atoms with Crippen LogP contribution in [0.15, 0.2) is 24.3 Å². The number of hydrogen-bond acceptors (Lipinski definition) is 4. The lowest BCUT2D eigenvalue weighted by molar-refractivity contribution is -0.145. The molecule has 6 unspecified atom stereocenters. The molecule has 0 amide bonds. The fourth-order valence-corrected chi connectivity index (χ4v) is 5.32. The van der Waals surface area contributed by atoms with Gasteiger partial charge in [0.05, 0.1) is 18.8 Å². The van der Waals surface area contributed by atoms with Crippen LogP contribution in [0.2, 0.25) is 0 Å². The van der Waals surface area contributed by atoms with Crippen LogP contribution in [-0.2, 0) is 14.3 Å². The predicted molar refractivity (Wildman–Crippen MR) is 122 cm³/mol. The van der Waals surface area contributed by atoms with Gasteiger partial charge in [-0.1, -0.05) is 58.6 Å². The van der Waals surface area contributed by atoms with Crippen molar-refractivity contribution < 1.29 is 24.1 Å². The van der Waals surface area contributed by atoms with Crippen LogP contribution in [0.25, 0.3) is 0 Å². The zero-order valence-corrected chi connectivity index (χ0v) is 19.4. The smallest absolute Gasteiger partial charge is 0.344 e. The molecule has 2 heterocycles. The van der Waals surface area contributed by atoms with Crippen molar-refractivity contribution in [3.8, 4) is 5.75 Å². The first-order valence-electron chi connectivity index (χ1n) is 12.3. The molecule has 6 atom stereocenters. The fourth-order valence-electron chi connectivity index (χ4n) is 5.32. The lowest BCUT2D eigenvalue weighted by atomic mass is 9.71. The third kappa shape index (κ3) is 6.23. The van der Waals surface area contributed by atoms with Gasteiger partial charge in [0.25, 0.3) is 0 Å². The summed E-state index contributed by atoms with van der Waals surface area (Å²) in [4.78, 5) is 11.5. The molecule has 2 fully saturated rings. The van der Waals surface area contributed by atoms with E-state index in [0.29, 0.717) is 42.1 Å². The Hall–Kier alpha value is -1.59. The number of unbranched alkanes of at least 4 members (excludes halogenated alkanes) is 3. The summed E-state index contributed by atoms with van der Waals surface area (Å²) < 4.78 is 18.2. The molecule has 0 spiro atoms. The number of benzene rings is 1. The average molecular weight is 433 g/mol. The van der Waals surface area contributed by atoms with Gasteiger partial charge in [0.2, 0.25) is 0 Å². The molecule has 1 aromatic carbocycles. The lowest BCUT2D eigenvalue weighted by Crippen LogP contribution is -2.34. The van der Waals surface area contributed by atoms with E-state index in [2.05, 4.69) is 19.9 Å². The van der Waals surface area contributed by atoms with Crippen molar-refractivity contribution in [1.82, 2.24) is 0 Å². The Morgan fingerprint density at radius 1 is 1.16 bits per heavy atom. The van der Waals surface area contributed by atoms with Gasteiger partial charge in [0.15, 0.2) is 6.10 Å². The normalized spacial score (nSPS) is 26.7. The minimum atomic E-state index is -0.905. The van der Waals surface area contributed by atoms with E-state index >= 15 is 0 Å². The van der Waals surface area contributed by atoms with Crippen LogP contribution in [-0.4, -0.2) is 42.6 Å². The minimum Gasteiger partial charge on any atom is -0.479 e. The maximum atomic E-state index is 11.5. The van der Waals surface area contributed by atoms with Crippen LogP contribution in [0, 0.1) is 11.8 Å². The van der Waals surface area contributed by atoms with Gasteiger partial charge in [-0.2, -0.15) is 0 Å². The summed E-state index contributed by atoms with van der Waals surface area (Å²) in [7, 11) is 0. The molecule has 2 bridgehead atoms. The number of carboxylic acid groups (broad SMARTS) is 1. The molecule has 0 aliphatic carbocycles. The molecule has 0 radical (unpaired) electrons. The number of carboxylic acids is 1. The molecule has 2 aliphatic rings. The summed E-state index contributed by atoms with van der Waals surface area (Å²) >= 11 is 0. The first kappa shape index (κ1) is 24.1. The molecule has 1 N–H and O–H groups in total. The van der Waals surface area contributed by atoms with Crippen molar-refractivity contribution >= 4 is 5.97 Å². The number of hydrogen-bond donors (Lipinski definition) is 1. The van der Waals surface area contributed by atoms with Crippen molar-refractivity contribution in [2.24, 2.45) is 11.8 Å². The highest BCUT2D eigenvalue weighted by atomic mass is 16.5. The van der Waals surface area contributed by atoms with Gasteiger partial charge >= 0.3 is 5.97 Å². The molecule has 0 aromatic heterocycles. The van der Waals surface area contributed by atoms with Crippen LogP contribution in [0.1, 0.15) is 83.6 Å². The molecule has 2 aliphatic heterocycles. The second kappa shape index (κ2) is 11.9. The Morgan fingerprint density at radius 2 is 1.97 bits per heavy atom. The van der Waals surface area contributed by atoms with E-state index in [4.69, 9.17) is 14.2 Å². The largest absolute Gasteiger partial charge is 0.479 e. The summed E-state index contributed by atoms with van der Waals surface area (Å²) in [6, 6.07) is 7.97. The van der Waals surface area contributed by atoms with Crippen LogP contribution < -0.4 is 4.74 Å². The van der Waals surface area contributed by atoms with Crippen molar-refractivity contribution in [2.75, 3.05) is 13.2 Å². The van der Waals surface area contributed by atoms with Gasteiger partial charge in [-0.25, -0.2) is 4.79 Å². The Balaban J connectivity index is 1.63. The molecule has 0 saturated carbocycles. The summed E-state index contributed by atoms with van der Waals surface area (Å²) in [5, 5.41) is 9.42. The highest BCUT2D eigenvalue weighted by Crippen LogP contribution is 2.49. The topological polar surface area (TPSA) is 65.0 Å². The van der Waals surface area contributed by atoms with Gasteiger partial charge in [0, 0.05) is 12.5 Å².